The van der Waals surface area contributed by atoms with E-state index in [4.69, 9.17) is 4.74 Å². The Labute approximate surface area is 93.7 Å². The molecule has 0 aromatic carbocycles. The number of aromatic nitrogens is 2. The van der Waals surface area contributed by atoms with E-state index in [2.05, 4.69) is 4.98 Å². The van der Waals surface area contributed by atoms with Crippen molar-refractivity contribution in [2.75, 3.05) is 24.3 Å². The molecule has 7 nitrogen and oxygen atoms in total. The predicted octanol–water partition coefficient (Wildman–Crippen LogP) is -0.413. The minimum atomic E-state index is -3.45. The lowest BCUT2D eigenvalue weighted by Gasteiger charge is -2.18. The molecule has 0 aliphatic heterocycles. The van der Waals surface area contributed by atoms with Crippen LogP contribution < -0.4 is 4.41 Å². The van der Waals surface area contributed by atoms with Gasteiger partial charge >= 0.3 is 5.97 Å². The van der Waals surface area contributed by atoms with Gasteiger partial charge in [-0.25, -0.2) is 27.3 Å². The standard InChI is InChI=1S/C8H13N3O4S/c1-4-15-8(12)7-5-9-6-11(7)10(2)16(3,13)14/h5-6H,4H2,1-3H3. The molecule has 0 aliphatic rings. The molecule has 1 rings (SSSR count). The van der Waals surface area contributed by atoms with E-state index in [-0.39, 0.29) is 12.3 Å². The Morgan fingerprint density at radius 2 is 2.25 bits per heavy atom. The second kappa shape index (κ2) is 4.52. The largest absolute Gasteiger partial charge is 0.461 e. The zero-order valence-electron chi connectivity index (χ0n) is 9.24. The normalized spacial score (nSPS) is 11.2. The van der Waals surface area contributed by atoms with Crippen LogP contribution in [0.3, 0.4) is 0 Å². The number of hydrogen-bond acceptors (Lipinski definition) is 5. The first-order valence-electron chi connectivity index (χ1n) is 4.51. The van der Waals surface area contributed by atoms with Gasteiger partial charge in [-0.2, -0.15) is 0 Å². The van der Waals surface area contributed by atoms with E-state index in [0.29, 0.717) is 0 Å². The number of hydrogen-bond donors (Lipinski definition) is 0. The molecule has 0 saturated carbocycles. The second-order valence-corrected chi connectivity index (χ2v) is 5.04. The highest BCUT2D eigenvalue weighted by molar-refractivity contribution is 7.91. The first kappa shape index (κ1) is 12.5. The number of imidazole rings is 1. The topological polar surface area (TPSA) is 81.5 Å². The maximum atomic E-state index is 11.5. The number of ether oxygens (including phenoxy) is 1. The molecule has 1 heterocycles. The highest BCUT2D eigenvalue weighted by Crippen LogP contribution is 2.04. The summed E-state index contributed by atoms with van der Waals surface area (Å²) in [6, 6.07) is 0. The van der Waals surface area contributed by atoms with Crippen LogP contribution in [0.2, 0.25) is 0 Å². The summed E-state index contributed by atoms with van der Waals surface area (Å²) in [4.78, 5) is 15.2. The number of carbonyl (C=O) groups is 1. The van der Waals surface area contributed by atoms with Crippen LogP contribution >= 0.6 is 0 Å². The third-order valence-electron chi connectivity index (χ3n) is 1.89. The van der Waals surface area contributed by atoms with Crippen molar-refractivity contribution in [3.63, 3.8) is 0 Å². The monoisotopic (exact) mass is 247 g/mol. The van der Waals surface area contributed by atoms with Crippen molar-refractivity contribution in [2.24, 2.45) is 0 Å². The van der Waals surface area contributed by atoms with E-state index in [1.54, 1.807) is 6.92 Å². The molecule has 0 radical (unpaired) electrons. The van der Waals surface area contributed by atoms with Crippen molar-refractivity contribution in [1.82, 2.24) is 9.66 Å². The Balaban J connectivity index is 3.08. The SMILES string of the molecule is CCOC(=O)c1cncn1N(C)S(C)(=O)=O. The highest BCUT2D eigenvalue weighted by atomic mass is 32.2. The molecule has 8 heteroatoms. The van der Waals surface area contributed by atoms with Gasteiger partial charge in [-0.15, -0.1) is 0 Å². The van der Waals surface area contributed by atoms with Gasteiger partial charge in [0.2, 0.25) is 10.0 Å². The van der Waals surface area contributed by atoms with Crippen molar-refractivity contribution >= 4 is 16.0 Å². The first-order chi connectivity index (χ1) is 7.38. The van der Waals surface area contributed by atoms with Gasteiger partial charge in [-0.1, -0.05) is 0 Å². The second-order valence-electron chi connectivity index (χ2n) is 3.04. The number of sulfonamides is 1. The zero-order chi connectivity index (χ0) is 12.3. The lowest BCUT2D eigenvalue weighted by molar-refractivity contribution is 0.0515. The van der Waals surface area contributed by atoms with Gasteiger partial charge < -0.3 is 4.74 Å². The summed E-state index contributed by atoms with van der Waals surface area (Å²) >= 11 is 0. The molecule has 0 N–H and O–H groups in total. The van der Waals surface area contributed by atoms with Gasteiger partial charge in [-0.05, 0) is 6.92 Å². The van der Waals surface area contributed by atoms with Gasteiger partial charge in [0, 0.05) is 7.05 Å². The van der Waals surface area contributed by atoms with Crippen LogP contribution in [0.15, 0.2) is 12.5 Å². The van der Waals surface area contributed by atoms with Crippen LogP contribution in [0.4, 0.5) is 0 Å². The van der Waals surface area contributed by atoms with Crippen molar-refractivity contribution in [2.45, 2.75) is 6.92 Å². The Bertz CT molecular complexity index is 479. The van der Waals surface area contributed by atoms with E-state index < -0.39 is 16.0 Å². The lowest BCUT2D eigenvalue weighted by atomic mass is 10.5. The first-order valence-corrected chi connectivity index (χ1v) is 6.36. The zero-order valence-corrected chi connectivity index (χ0v) is 10.1. The van der Waals surface area contributed by atoms with E-state index in [1.807, 2.05) is 0 Å². The average Bonchev–Trinajstić information content (AvgIpc) is 2.63. The number of rotatable bonds is 4. The summed E-state index contributed by atoms with van der Waals surface area (Å²) in [5, 5.41) is 0. The molecular formula is C8H13N3O4S. The Morgan fingerprint density at radius 3 is 2.75 bits per heavy atom. The molecular weight excluding hydrogens is 234 g/mol. The Hall–Kier alpha value is -1.57. The molecule has 90 valence electrons. The quantitative estimate of drug-likeness (QED) is 0.675. The van der Waals surface area contributed by atoms with Crippen molar-refractivity contribution in [1.29, 1.82) is 0 Å². The van der Waals surface area contributed by atoms with Gasteiger partial charge in [0.25, 0.3) is 0 Å². The van der Waals surface area contributed by atoms with Gasteiger partial charge in [0.15, 0.2) is 5.69 Å². The van der Waals surface area contributed by atoms with Crippen LogP contribution in [0.5, 0.6) is 0 Å². The van der Waals surface area contributed by atoms with Gasteiger partial charge in [0.05, 0.1) is 19.1 Å². The minimum absolute atomic E-state index is 0.0646. The fourth-order valence-electron chi connectivity index (χ4n) is 1.02. The van der Waals surface area contributed by atoms with Gasteiger partial charge in [0.1, 0.15) is 6.33 Å². The summed E-state index contributed by atoms with van der Waals surface area (Å²) < 4.78 is 29.4. The highest BCUT2D eigenvalue weighted by Gasteiger charge is 2.19. The molecule has 0 unspecified atom stereocenters. The van der Waals surface area contributed by atoms with Gasteiger partial charge in [-0.3, -0.25) is 0 Å². The summed E-state index contributed by atoms with van der Waals surface area (Å²) in [7, 11) is -2.13. The molecule has 0 spiro atoms. The summed E-state index contributed by atoms with van der Waals surface area (Å²) in [6.07, 6.45) is 3.51. The van der Waals surface area contributed by atoms with E-state index in [1.165, 1.54) is 19.6 Å². The van der Waals surface area contributed by atoms with Crippen LogP contribution in [0, 0.1) is 0 Å². The molecule has 0 fully saturated rings. The van der Waals surface area contributed by atoms with Crippen LogP contribution in [-0.2, 0) is 14.8 Å². The van der Waals surface area contributed by atoms with E-state index >= 15 is 0 Å². The average molecular weight is 247 g/mol. The number of carbonyl (C=O) groups excluding carboxylic acids is 1. The van der Waals surface area contributed by atoms with E-state index in [0.717, 1.165) is 15.3 Å². The van der Waals surface area contributed by atoms with Crippen molar-refractivity contribution < 1.29 is 17.9 Å². The minimum Gasteiger partial charge on any atom is -0.461 e. The lowest BCUT2D eigenvalue weighted by Crippen LogP contribution is -2.37. The molecule has 0 saturated heterocycles. The van der Waals surface area contributed by atoms with Crippen LogP contribution in [-0.4, -0.2) is 44.0 Å². The van der Waals surface area contributed by atoms with Crippen molar-refractivity contribution in [3.05, 3.63) is 18.2 Å². The van der Waals surface area contributed by atoms with Crippen LogP contribution in [0.1, 0.15) is 17.4 Å². The number of esters is 1. The Morgan fingerprint density at radius 1 is 1.62 bits per heavy atom. The van der Waals surface area contributed by atoms with Crippen LogP contribution in [0.25, 0.3) is 0 Å². The fraction of sp³-hybridized carbons (Fsp3) is 0.500. The molecule has 16 heavy (non-hydrogen) atoms. The third-order valence-corrected chi connectivity index (χ3v) is 3.02. The molecule has 1 aromatic heterocycles. The van der Waals surface area contributed by atoms with E-state index in [9.17, 15) is 13.2 Å². The third kappa shape index (κ3) is 2.51. The Kier molecular flexibility index (Phi) is 3.53. The molecule has 0 atom stereocenters. The maximum Gasteiger partial charge on any atom is 0.358 e. The molecule has 0 bridgehead atoms. The smallest absolute Gasteiger partial charge is 0.358 e. The predicted molar refractivity (Wildman–Crippen MR) is 57.2 cm³/mol. The molecule has 0 aliphatic carbocycles. The van der Waals surface area contributed by atoms with Crippen molar-refractivity contribution in [3.8, 4) is 0 Å². The summed E-state index contributed by atoms with van der Waals surface area (Å²) in [5.74, 6) is -0.615. The summed E-state index contributed by atoms with van der Waals surface area (Å²) in [5.41, 5.74) is 0.0646. The summed E-state index contributed by atoms with van der Waals surface area (Å²) in [6.45, 7) is 1.88. The fourth-order valence-corrected chi connectivity index (χ4v) is 1.47. The molecule has 1 aromatic rings. The number of nitrogens with zero attached hydrogens (tertiary/aromatic N) is 3. The molecule has 0 amide bonds. The maximum absolute atomic E-state index is 11.5.